The van der Waals surface area contributed by atoms with Gasteiger partial charge in [0.25, 0.3) is 0 Å². The molecule has 1 fully saturated rings. The van der Waals surface area contributed by atoms with E-state index in [0.29, 0.717) is 5.88 Å². The predicted octanol–water partition coefficient (Wildman–Crippen LogP) is 1.85. The maximum Gasteiger partial charge on any atom is 0.237 e. The summed E-state index contributed by atoms with van der Waals surface area (Å²) in [5.74, 6) is 0.558. The zero-order valence-electron chi connectivity index (χ0n) is 10.2. The number of aromatic nitrogens is 2. The summed E-state index contributed by atoms with van der Waals surface area (Å²) in [6.45, 7) is 4.48. The topological polar surface area (TPSA) is 61.0 Å². The number of methoxy groups -OCH3 is 1. The van der Waals surface area contributed by atoms with Crippen LogP contribution in [0.25, 0.3) is 0 Å². The second-order valence-electron chi connectivity index (χ2n) is 5.41. The first kappa shape index (κ1) is 11.3. The van der Waals surface area contributed by atoms with E-state index in [1.165, 1.54) is 0 Å². The highest BCUT2D eigenvalue weighted by Gasteiger charge is 2.44. The summed E-state index contributed by atoms with van der Waals surface area (Å²) in [6.07, 6.45) is 6.29. The smallest absolute Gasteiger partial charge is 0.237 e. The Hall–Kier alpha value is -1.16. The van der Waals surface area contributed by atoms with Crippen molar-refractivity contribution in [2.45, 2.75) is 38.6 Å². The van der Waals surface area contributed by atoms with Crippen molar-refractivity contribution in [3.63, 3.8) is 0 Å². The molecule has 0 saturated heterocycles. The molecule has 1 aliphatic rings. The van der Waals surface area contributed by atoms with Gasteiger partial charge in [-0.05, 0) is 24.7 Å². The van der Waals surface area contributed by atoms with E-state index in [0.717, 1.165) is 25.0 Å². The van der Waals surface area contributed by atoms with Crippen LogP contribution in [-0.2, 0) is 5.54 Å². The van der Waals surface area contributed by atoms with E-state index in [-0.39, 0.29) is 11.0 Å². The minimum Gasteiger partial charge on any atom is -0.480 e. The van der Waals surface area contributed by atoms with Crippen LogP contribution in [-0.4, -0.2) is 17.1 Å². The van der Waals surface area contributed by atoms with E-state index < -0.39 is 0 Å². The van der Waals surface area contributed by atoms with Gasteiger partial charge in [0, 0.05) is 12.4 Å². The molecule has 4 nitrogen and oxygen atoms in total. The third-order valence-electron chi connectivity index (χ3n) is 3.37. The molecule has 1 heterocycles. The standard InChI is InChI=1S/C12H19N3O/c1-11(2)4-5-12(13,8-11)9-10(16-3)15-7-6-14-9/h6-7H,4-5,8,13H2,1-3H3. The van der Waals surface area contributed by atoms with E-state index in [9.17, 15) is 0 Å². The van der Waals surface area contributed by atoms with Crippen molar-refractivity contribution in [3.05, 3.63) is 18.1 Å². The molecule has 1 aromatic heterocycles. The van der Waals surface area contributed by atoms with Gasteiger partial charge < -0.3 is 10.5 Å². The molecule has 0 amide bonds. The average Bonchev–Trinajstić information content (AvgIpc) is 2.54. The minimum absolute atomic E-state index is 0.275. The molecule has 0 radical (unpaired) electrons. The maximum atomic E-state index is 6.45. The van der Waals surface area contributed by atoms with Gasteiger partial charge in [-0.15, -0.1) is 0 Å². The molecular formula is C12H19N3O. The van der Waals surface area contributed by atoms with Crippen LogP contribution in [0, 0.1) is 5.41 Å². The Labute approximate surface area is 96.2 Å². The van der Waals surface area contributed by atoms with Crippen LogP contribution in [0.4, 0.5) is 0 Å². The number of rotatable bonds is 2. The van der Waals surface area contributed by atoms with Gasteiger partial charge in [-0.2, -0.15) is 0 Å². The fourth-order valence-electron chi connectivity index (χ4n) is 2.61. The molecule has 88 valence electrons. The van der Waals surface area contributed by atoms with Crippen molar-refractivity contribution in [1.29, 1.82) is 0 Å². The molecule has 1 atom stereocenters. The highest BCUT2D eigenvalue weighted by molar-refractivity contribution is 5.27. The summed E-state index contributed by atoms with van der Waals surface area (Å²) in [6, 6.07) is 0. The van der Waals surface area contributed by atoms with Gasteiger partial charge in [0.1, 0.15) is 5.69 Å². The van der Waals surface area contributed by atoms with Crippen molar-refractivity contribution in [2.75, 3.05) is 7.11 Å². The lowest BCUT2D eigenvalue weighted by atomic mass is 9.86. The number of hydrogen-bond acceptors (Lipinski definition) is 4. The first-order valence-electron chi connectivity index (χ1n) is 5.61. The second kappa shape index (κ2) is 3.70. The lowest BCUT2D eigenvalue weighted by Gasteiger charge is -2.26. The van der Waals surface area contributed by atoms with Crippen LogP contribution >= 0.6 is 0 Å². The monoisotopic (exact) mass is 221 g/mol. The summed E-state index contributed by atoms with van der Waals surface area (Å²) < 4.78 is 5.24. The van der Waals surface area contributed by atoms with Crippen LogP contribution in [0.5, 0.6) is 5.88 Å². The first-order chi connectivity index (χ1) is 7.47. The molecule has 4 heteroatoms. The number of nitrogens with two attached hydrogens (primary N) is 1. The summed E-state index contributed by atoms with van der Waals surface area (Å²) in [7, 11) is 1.61. The Morgan fingerprint density at radius 1 is 1.25 bits per heavy atom. The van der Waals surface area contributed by atoms with E-state index in [4.69, 9.17) is 10.5 Å². The normalized spacial score (nSPS) is 28.0. The second-order valence-corrected chi connectivity index (χ2v) is 5.41. The Kier molecular flexibility index (Phi) is 2.62. The van der Waals surface area contributed by atoms with Crippen molar-refractivity contribution < 1.29 is 4.74 Å². The fraction of sp³-hybridized carbons (Fsp3) is 0.667. The molecule has 0 aliphatic heterocycles. The summed E-state index contributed by atoms with van der Waals surface area (Å²) >= 11 is 0. The van der Waals surface area contributed by atoms with Crippen LogP contribution in [0.15, 0.2) is 12.4 Å². The molecule has 1 aromatic rings. The number of hydrogen-bond donors (Lipinski definition) is 1. The van der Waals surface area contributed by atoms with Crippen molar-refractivity contribution in [3.8, 4) is 5.88 Å². The maximum absolute atomic E-state index is 6.45. The highest BCUT2D eigenvalue weighted by atomic mass is 16.5. The molecule has 1 aliphatic carbocycles. The van der Waals surface area contributed by atoms with Crippen molar-refractivity contribution >= 4 is 0 Å². The van der Waals surface area contributed by atoms with Gasteiger partial charge in [-0.1, -0.05) is 13.8 Å². The molecular weight excluding hydrogens is 202 g/mol. The highest BCUT2D eigenvalue weighted by Crippen LogP contribution is 2.48. The molecule has 0 bridgehead atoms. The zero-order chi connectivity index (χ0) is 11.8. The molecule has 1 saturated carbocycles. The third-order valence-corrected chi connectivity index (χ3v) is 3.37. The largest absolute Gasteiger partial charge is 0.480 e. The lowest BCUT2D eigenvalue weighted by molar-refractivity contribution is 0.318. The van der Waals surface area contributed by atoms with Gasteiger partial charge in [-0.25, -0.2) is 4.98 Å². The minimum atomic E-state index is -0.386. The molecule has 16 heavy (non-hydrogen) atoms. The SMILES string of the molecule is COc1nccnc1C1(N)CCC(C)(C)C1. The van der Waals surface area contributed by atoms with Crippen molar-refractivity contribution in [1.82, 2.24) is 9.97 Å². The van der Waals surface area contributed by atoms with Gasteiger partial charge >= 0.3 is 0 Å². The Morgan fingerprint density at radius 3 is 2.50 bits per heavy atom. The van der Waals surface area contributed by atoms with Gasteiger partial charge in [0.2, 0.25) is 5.88 Å². The lowest BCUT2D eigenvalue weighted by Crippen LogP contribution is -2.36. The van der Waals surface area contributed by atoms with Gasteiger partial charge in [-0.3, -0.25) is 4.98 Å². The zero-order valence-corrected chi connectivity index (χ0v) is 10.2. The van der Waals surface area contributed by atoms with Crippen LogP contribution in [0.2, 0.25) is 0 Å². The van der Waals surface area contributed by atoms with Crippen LogP contribution in [0.3, 0.4) is 0 Å². The van der Waals surface area contributed by atoms with E-state index in [1.807, 2.05) is 0 Å². The number of ether oxygens (including phenoxy) is 1. The van der Waals surface area contributed by atoms with E-state index >= 15 is 0 Å². The molecule has 0 spiro atoms. The molecule has 0 aromatic carbocycles. The quantitative estimate of drug-likeness (QED) is 0.828. The third kappa shape index (κ3) is 1.89. The van der Waals surface area contributed by atoms with E-state index in [2.05, 4.69) is 23.8 Å². The molecule has 1 unspecified atom stereocenters. The van der Waals surface area contributed by atoms with Crippen molar-refractivity contribution in [2.24, 2.45) is 11.1 Å². The van der Waals surface area contributed by atoms with Crippen LogP contribution < -0.4 is 10.5 Å². The molecule has 2 rings (SSSR count). The summed E-state index contributed by atoms with van der Waals surface area (Å²) in [4.78, 5) is 8.53. The Balaban J connectivity index is 2.37. The van der Waals surface area contributed by atoms with Crippen LogP contribution in [0.1, 0.15) is 38.8 Å². The summed E-state index contributed by atoms with van der Waals surface area (Å²) in [5.41, 5.74) is 7.13. The Bertz CT molecular complexity index is 392. The summed E-state index contributed by atoms with van der Waals surface area (Å²) in [5, 5.41) is 0. The average molecular weight is 221 g/mol. The van der Waals surface area contributed by atoms with Gasteiger partial charge in [0.05, 0.1) is 12.6 Å². The Morgan fingerprint density at radius 2 is 1.94 bits per heavy atom. The predicted molar refractivity (Wildman–Crippen MR) is 62.1 cm³/mol. The fourth-order valence-corrected chi connectivity index (χ4v) is 2.61. The molecule has 2 N–H and O–H groups in total. The van der Waals surface area contributed by atoms with Gasteiger partial charge in [0.15, 0.2) is 0 Å². The first-order valence-corrected chi connectivity index (χ1v) is 5.61. The number of nitrogens with zero attached hydrogens (tertiary/aromatic N) is 2. The van der Waals surface area contributed by atoms with E-state index in [1.54, 1.807) is 19.5 Å².